The van der Waals surface area contributed by atoms with E-state index < -0.39 is 22.1 Å². The van der Waals surface area contributed by atoms with Crippen LogP contribution >= 0.6 is 0 Å². The Hall–Kier alpha value is -1.98. The third-order valence-electron chi connectivity index (χ3n) is 2.76. The fraction of sp³-hybridized carbons (Fsp3) is 0.300. The summed E-state index contributed by atoms with van der Waals surface area (Å²) in [6.07, 6.45) is 0. The lowest BCUT2D eigenvalue weighted by Gasteiger charge is -2.14. The van der Waals surface area contributed by atoms with Crippen LogP contribution in [0.4, 0.5) is 15.8 Å². The maximum Gasteiger partial charge on any atom is 0.275 e. The molecule has 5 nitrogen and oxygen atoms in total. The van der Waals surface area contributed by atoms with Gasteiger partial charge < -0.3 is 5.32 Å². The number of nitro groups is 1. The SMILES string of the molecule is CC1(C)C(=O)Nc2c(F)ccc([N+](=O)[O-])c21. The molecule has 0 bridgehead atoms. The van der Waals surface area contributed by atoms with Gasteiger partial charge in [-0.1, -0.05) is 0 Å². The van der Waals surface area contributed by atoms with Crippen LogP contribution in [-0.2, 0) is 10.2 Å². The number of halogens is 1. The van der Waals surface area contributed by atoms with Crippen molar-refractivity contribution in [1.82, 2.24) is 0 Å². The highest BCUT2D eigenvalue weighted by molar-refractivity contribution is 6.07. The quantitative estimate of drug-likeness (QED) is 0.585. The number of carbonyl (C=O) groups is 1. The van der Waals surface area contributed by atoms with Gasteiger partial charge in [-0.15, -0.1) is 0 Å². The molecule has 0 spiro atoms. The first-order valence-electron chi connectivity index (χ1n) is 4.64. The molecule has 2 rings (SSSR count). The summed E-state index contributed by atoms with van der Waals surface area (Å²) in [5.41, 5.74) is -1.29. The van der Waals surface area contributed by atoms with Crippen molar-refractivity contribution in [2.75, 3.05) is 5.32 Å². The van der Waals surface area contributed by atoms with E-state index >= 15 is 0 Å². The highest BCUT2D eigenvalue weighted by atomic mass is 19.1. The molecule has 16 heavy (non-hydrogen) atoms. The van der Waals surface area contributed by atoms with Crippen LogP contribution < -0.4 is 5.32 Å². The van der Waals surface area contributed by atoms with Crippen molar-refractivity contribution in [2.45, 2.75) is 19.3 Å². The Morgan fingerprint density at radius 1 is 1.44 bits per heavy atom. The highest BCUT2D eigenvalue weighted by Gasteiger charge is 2.45. The number of carbonyl (C=O) groups excluding carboxylic acids is 1. The number of hydrogen-bond donors (Lipinski definition) is 1. The maximum atomic E-state index is 13.4. The Bertz CT molecular complexity index is 511. The van der Waals surface area contributed by atoms with Gasteiger partial charge in [0.05, 0.1) is 21.6 Å². The van der Waals surface area contributed by atoms with Gasteiger partial charge >= 0.3 is 0 Å². The van der Waals surface area contributed by atoms with Crippen LogP contribution in [0.25, 0.3) is 0 Å². The third-order valence-corrected chi connectivity index (χ3v) is 2.76. The smallest absolute Gasteiger partial charge is 0.275 e. The van der Waals surface area contributed by atoms with E-state index in [2.05, 4.69) is 5.32 Å². The lowest BCUT2D eigenvalue weighted by Crippen LogP contribution is -2.27. The van der Waals surface area contributed by atoms with E-state index in [1.807, 2.05) is 0 Å². The van der Waals surface area contributed by atoms with Gasteiger partial charge in [0.25, 0.3) is 5.69 Å². The lowest BCUT2D eigenvalue weighted by atomic mass is 9.85. The van der Waals surface area contributed by atoms with E-state index in [1.54, 1.807) is 0 Å². The summed E-state index contributed by atoms with van der Waals surface area (Å²) in [7, 11) is 0. The first-order valence-corrected chi connectivity index (χ1v) is 4.64. The van der Waals surface area contributed by atoms with Gasteiger partial charge in [-0.3, -0.25) is 14.9 Å². The molecule has 84 valence electrons. The number of rotatable bonds is 1. The molecule has 1 heterocycles. The molecular weight excluding hydrogens is 215 g/mol. The molecule has 0 saturated heterocycles. The minimum atomic E-state index is -1.08. The number of nitrogens with zero attached hydrogens (tertiary/aromatic N) is 1. The van der Waals surface area contributed by atoms with E-state index in [4.69, 9.17) is 0 Å². The fourth-order valence-corrected chi connectivity index (χ4v) is 1.86. The van der Waals surface area contributed by atoms with Crippen molar-refractivity contribution >= 4 is 17.3 Å². The molecule has 0 aromatic heterocycles. The molecule has 1 N–H and O–H groups in total. The van der Waals surface area contributed by atoms with Crippen LogP contribution in [0.2, 0.25) is 0 Å². The topological polar surface area (TPSA) is 72.2 Å². The normalized spacial score (nSPS) is 16.8. The molecule has 0 aliphatic carbocycles. The summed E-state index contributed by atoms with van der Waals surface area (Å²) in [5.74, 6) is -1.09. The van der Waals surface area contributed by atoms with Crippen molar-refractivity contribution in [2.24, 2.45) is 0 Å². The molecule has 1 amide bonds. The molecule has 1 aromatic rings. The van der Waals surface area contributed by atoms with Crippen LogP contribution in [0, 0.1) is 15.9 Å². The van der Waals surface area contributed by atoms with E-state index in [1.165, 1.54) is 13.8 Å². The van der Waals surface area contributed by atoms with Gasteiger partial charge in [-0.2, -0.15) is 0 Å². The van der Waals surface area contributed by atoms with Crippen molar-refractivity contribution in [1.29, 1.82) is 0 Å². The van der Waals surface area contributed by atoms with Crippen molar-refractivity contribution < 1.29 is 14.1 Å². The van der Waals surface area contributed by atoms with Crippen LogP contribution in [0.15, 0.2) is 12.1 Å². The van der Waals surface area contributed by atoms with Gasteiger partial charge in [0.2, 0.25) is 5.91 Å². The molecule has 1 aliphatic rings. The molecule has 0 radical (unpaired) electrons. The summed E-state index contributed by atoms with van der Waals surface area (Å²) in [6, 6.07) is 2.06. The number of nitrogens with one attached hydrogen (secondary N) is 1. The minimum absolute atomic E-state index is 0.0794. The average Bonchev–Trinajstić information content (AvgIpc) is 2.41. The molecule has 0 unspecified atom stereocenters. The molecule has 6 heteroatoms. The Labute approximate surface area is 90.4 Å². The summed E-state index contributed by atoms with van der Waals surface area (Å²) in [4.78, 5) is 21.8. The number of benzene rings is 1. The van der Waals surface area contributed by atoms with Gasteiger partial charge in [0.1, 0.15) is 5.82 Å². The standard InChI is InChI=1S/C10H9FN2O3/c1-10(2)7-6(13(15)16)4-3-5(11)8(7)12-9(10)14/h3-4H,1-2H3,(H,12,14). The van der Waals surface area contributed by atoms with Crippen LogP contribution in [0.3, 0.4) is 0 Å². The van der Waals surface area contributed by atoms with E-state index in [9.17, 15) is 19.3 Å². The third kappa shape index (κ3) is 1.19. The van der Waals surface area contributed by atoms with Crippen LogP contribution in [-0.4, -0.2) is 10.8 Å². The second-order valence-corrected chi connectivity index (χ2v) is 4.15. The zero-order valence-corrected chi connectivity index (χ0v) is 8.70. The van der Waals surface area contributed by atoms with Crippen LogP contribution in [0.5, 0.6) is 0 Å². The zero-order valence-electron chi connectivity index (χ0n) is 8.70. The molecule has 1 aliphatic heterocycles. The summed E-state index contributed by atoms with van der Waals surface area (Å²) < 4.78 is 13.4. The van der Waals surface area contributed by atoms with Gasteiger partial charge in [-0.25, -0.2) is 4.39 Å². The minimum Gasteiger partial charge on any atom is -0.322 e. The maximum absolute atomic E-state index is 13.4. The Morgan fingerprint density at radius 2 is 2.06 bits per heavy atom. The fourth-order valence-electron chi connectivity index (χ4n) is 1.86. The number of anilines is 1. The lowest BCUT2D eigenvalue weighted by molar-refractivity contribution is -0.385. The van der Waals surface area contributed by atoms with Crippen molar-refractivity contribution in [3.8, 4) is 0 Å². The second-order valence-electron chi connectivity index (χ2n) is 4.15. The molecular formula is C10H9FN2O3. The largest absolute Gasteiger partial charge is 0.322 e. The number of amides is 1. The van der Waals surface area contributed by atoms with Gasteiger partial charge in [0, 0.05) is 6.07 Å². The van der Waals surface area contributed by atoms with Crippen molar-refractivity contribution in [3.63, 3.8) is 0 Å². The van der Waals surface area contributed by atoms with Gasteiger partial charge in [-0.05, 0) is 19.9 Å². The number of fused-ring (bicyclic) bond motifs is 1. The van der Waals surface area contributed by atoms with Crippen LogP contribution in [0.1, 0.15) is 19.4 Å². The molecule has 0 fully saturated rings. The van der Waals surface area contributed by atoms with E-state index in [0.29, 0.717) is 0 Å². The first kappa shape index (κ1) is 10.5. The predicted molar refractivity (Wildman–Crippen MR) is 54.7 cm³/mol. The average molecular weight is 224 g/mol. The van der Waals surface area contributed by atoms with Gasteiger partial charge in [0.15, 0.2) is 0 Å². The highest BCUT2D eigenvalue weighted by Crippen LogP contribution is 2.44. The molecule has 0 atom stereocenters. The Kier molecular flexibility index (Phi) is 1.98. The Balaban J connectivity index is 2.79. The monoisotopic (exact) mass is 224 g/mol. The summed E-state index contributed by atoms with van der Waals surface area (Å²) in [5, 5.41) is 13.1. The van der Waals surface area contributed by atoms with E-state index in [0.717, 1.165) is 12.1 Å². The van der Waals surface area contributed by atoms with Crippen molar-refractivity contribution in [3.05, 3.63) is 33.6 Å². The summed E-state index contributed by atoms with van der Waals surface area (Å²) >= 11 is 0. The predicted octanol–water partition coefficient (Wildman–Crippen LogP) is 1.96. The van der Waals surface area contributed by atoms with E-state index in [-0.39, 0.29) is 16.9 Å². The Morgan fingerprint density at radius 3 is 2.62 bits per heavy atom. The number of hydrogen-bond acceptors (Lipinski definition) is 3. The molecule has 1 aromatic carbocycles. The first-order chi connectivity index (χ1) is 7.35. The molecule has 0 saturated carbocycles. The summed E-state index contributed by atoms with van der Waals surface area (Å²) in [6.45, 7) is 3.06. The zero-order chi connectivity index (χ0) is 12.1. The second kappa shape index (κ2) is 3.01. The number of nitro benzene ring substituents is 1.